The molecule has 6 nitrogen and oxygen atoms in total. The highest BCUT2D eigenvalue weighted by molar-refractivity contribution is 5.46. The van der Waals surface area contributed by atoms with Gasteiger partial charge in [-0.3, -0.25) is 0 Å². The standard InChI is InChI=1S/C15H16N4O2/c1-4-12-13(21-9-20-12)7-10(1)8-17-15-16-6-5-14(19-15)18-11-2-3-11/h1,4-7,11H,2-3,8-9H2,(H2,16,17,18,19). The van der Waals surface area contributed by atoms with Crippen LogP contribution >= 0.6 is 0 Å². The topological polar surface area (TPSA) is 68.3 Å². The molecule has 1 aliphatic heterocycles. The van der Waals surface area contributed by atoms with Gasteiger partial charge in [-0.25, -0.2) is 4.98 Å². The summed E-state index contributed by atoms with van der Waals surface area (Å²) < 4.78 is 10.7. The van der Waals surface area contributed by atoms with Gasteiger partial charge >= 0.3 is 0 Å². The molecule has 1 aliphatic carbocycles. The van der Waals surface area contributed by atoms with Crippen molar-refractivity contribution < 1.29 is 9.47 Å². The Morgan fingerprint density at radius 2 is 2.05 bits per heavy atom. The third kappa shape index (κ3) is 2.84. The third-order valence-corrected chi connectivity index (χ3v) is 3.47. The minimum Gasteiger partial charge on any atom is -0.454 e. The van der Waals surface area contributed by atoms with Gasteiger partial charge in [0.1, 0.15) is 5.82 Å². The SMILES string of the molecule is c1cc(NC2CC2)nc(NCc2ccc3c(c2)OCO3)n1. The van der Waals surface area contributed by atoms with Crippen LogP contribution in [0.4, 0.5) is 11.8 Å². The molecule has 21 heavy (non-hydrogen) atoms. The van der Waals surface area contributed by atoms with Crippen LogP contribution in [0.5, 0.6) is 11.5 Å². The second kappa shape index (κ2) is 5.12. The molecule has 0 amide bonds. The van der Waals surface area contributed by atoms with Crippen LogP contribution in [0, 0.1) is 0 Å². The van der Waals surface area contributed by atoms with Crippen LogP contribution in [0.1, 0.15) is 18.4 Å². The first kappa shape index (κ1) is 12.3. The minimum atomic E-state index is 0.296. The molecule has 1 aromatic carbocycles. The molecule has 2 N–H and O–H groups in total. The van der Waals surface area contributed by atoms with Crippen molar-refractivity contribution in [2.75, 3.05) is 17.4 Å². The van der Waals surface area contributed by atoms with Crippen molar-refractivity contribution in [3.05, 3.63) is 36.0 Å². The Morgan fingerprint density at radius 1 is 1.14 bits per heavy atom. The molecule has 6 heteroatoms. The summed E-state index contributed by atoms with van der Waals surface area (Å²) in [5, 5.41) is 6.59. The molecular formula is C15H16N4O2. The molecule has 0 radical (unpaired) electrons. The van der Waals surface area contributed by atoms with Gasteiger partial charge in [0.2, 0.25) is 12.7 Å². The van der Waals surface area contributed by atoms with Gasteiger partial charge in [-0.05, 0) is 36.6 Å². The van der Waals surface area contributed by atoms with Gasteiger partial charge < -0.3 is 20.1 Å². The summed E-state index contributed by atoms with van der Waals surface area (Å²) in [6, 6.07) is 8.38. The molecular weight excluding hydrogens is 268 g/mol. The summed E-state index contributed by atoms with van der Waals surface area (Å²) in [6.45, 7) is 0.938. The summed E-state index contributed by atoms with van der Waals surface area (Å²) in [6.07, 6.45) is 4.22. The van der Waals surface area contributed by atoms with E-state index >= 15 is 0 Å². The predicted octanol–water partition coefficient (Wildman–Crippen LogP) is 2.39. The number of nitrogens with zero attached hydrogens (tertiary/aromatic N) is 2. The van der Waals surface area contributed by atoms with E-state index in [1.807, 2.05) is 24.3 Å². The van der Waals surface area contributed by atoms with Gasteiger partial charge in [0, 0.05) is 18.8 Å². The Bertz CT molecular complexity index is 658. The zero-order valence-electron chi connectivity index (χ0n) is 11.5. The molecule has 0 unspecified atom stereocenters. The van der Waals surface area contributed by atoms with E-state index < -0.39 is 0 Å². The van der Waals surface area contributed by atoms with Crippen molar-refractivity contribution in [1.82, 2.24) is 9.97 Å². The number of ether oxygens (including phenoxy) is 2. The van der Waals surface area contributed by atoms with Crippen LogP contribution in [0.3, 0.4) is 0 Å². The quantitative estimate of drug-likeness (QED) is 0.878. The second-order valence-electron chi connectivity index (χ2n) is 5.23. The van der Waals surface area contributed by atoms with Crippen LogP contribution < -0.4 is 20.1 Å². The van der Waals surface area contributed by atoms with E-state index in [2.05, 4.69) is 20.6 Å². The van der Waals surface area contributed by atoms with Gasteiger partial charge in [-0.2, -0.15) is 4.98 Å². The van der Waals surface area contributed by atoms with Crippen LogP contribution in [-0.4, -0.2) is 22.8 Å². The zero-order chi connectivity index (χ0) is 14.1. The molecule has 2 aromatic rings. The van der Waals surface area contributed by atoms with Crippen LogP contribution in [-0.2, 0) is 6.54 Å². The summed E-state index contributed by atoms with van der Waals surface area (Å²) in [5.41, 5.74) is 1.10. The number of benzene rings is 1. The molecule has 0 bridgehead atoms. The maximum Gasteiger partial charge on any atom is 0.231 e. The Labute approximate surface area is 122 Å². The van der Waals surface area contributed by atoms with Crippen molar-refractivity contribution in [2.24, 2.45) is 0 Å². The van der Waals surface area contributed by atoms with E-state index in [-0.39, 0.29) is 0 Å². The number of hydrogen-bond donors (Lipinski definition) is 2. The Morgan fingerprint density at radius 3 is 2.95 bits per heavy atom. The summed E-state index contributed by atoms with van der Waals surface area (Å²) in [7, 11) is 0. The Balaban J connectivity index is 1.41. The monoisotopic (exact) mass is 284 g/mol. The van der Waals surface area contributed by atoms with Crippen molar-refractivity contribution in [2.45, 2.75) is 25.4 Å². The maximum absolute atomic E-state index is 5.37. The van der Waals surface area contributed by atoms with E-state index in [0.29, 0.717) is 25.3 Å². The van der Waals surface area contributed by atoms with Crippen LogP contribution in [0.2, 0.25) is 0 Å². The fourth-order valence-electron chi connectivity index (χ4n) is 2.19. The lowest BCUT2D eigenvalue weighted by molar-refractivity contribution is 0.174. The average molecular weight is 284 g/mol. The highest BCUT2D eigenvalue weighted by atomic mass is 16.7. The lowest BCUT2D eigenvalue weighted by Crippen LogP contribution is -2.07. The molecule has 1 aromatic heterocycles. The number of anilines is 2. The van der Waals surface area contributed by atoms with Crippen LogP contribution in [0.15, 0.2) is 30.5 Å². The minimum absolute atomic E-state index is 0.296. The van der Waals surface area contributed by atoms with Gasteiger partial charge in [-0.15, -0.1) is 0 Å². The van der Waals surface area contributed by atoms with Crippen LogP contribution in [0.25, 0.3) is 0 Å². The molecule has 2 aliphatic rings. The number of hydrogen-bond acceptors (Lipinski definition) is 6. The Kier molecular flexibility index (Phi) is 2.99. The molecule has 1 fully saturated rings. The highest BCUT2D eigenvalue weighted by Crippen LogP contribution is 2.32. The van der Waals surface area contributed by atoms with Gasteiger partial charge in [0.25, 0.3) is 0 Å². The van der Waals surface area contributed by atoms with Crippen molar-refractivity contribution >= 4 is 11.8 Å². The first-order valence-electron chi connectivity index (χ1n) is 7.09. The van der Waals surface area contributed by atoms with E-state index in [0.717, 1.165) is 22.9 Å². The number of nitrogens with one attached hydrogen (secondary N) is 2. The second-order valence-corrected chi connectivity index (χ2v) is 5.23. The maximum atomic E-state index is 5.37. The molecule has 4 rings (SSSR count). The molecule has 108 valence electrons. The van der Waals surface area contributed by atoms with E-state index in [9.17, 15) is 0 Å². The molecule has 1 saturated carbocycles. The molecule has 2 heterocycles. The zero-order valence-corrected chi connectivity index (χ0v) is 11.5. The van der Waals surface area contributed by atoms with Gasteiger partial charge in [-0.1, -0.05) is 6.07 Å². The molecule has 0 atom stereocenters. The van der Waals surface area contributed by atoms with Gasteiger partial charge in [0.15, 0.2) is 11.5 Å². The van der Waals surface area contributed by atoms with Crippen molar-refractivity contribution in [1.29, 1.82) is 0 Å². The largest absolute Gasteiger partial charge is 0.454 e. The lowest BCUT2D eigenvalue weighted by Gasteiger charge is -2.08. The lowest BCUT2D eigenvalue weighted by atomic mass is 10.2. The van der Waals surface area contributed by atoms with E-state index in [1.54, 1.807) is 6.20 Å². The Hall–Kier alpha value is -2.50. The number of aromatic nitrogens is 2. The summed E-state index contributed by atoms with van der Waals surface area (Å²) in [5.74, 6) is 3.09. The van der Waals surface area contributed by atoms with Gasteiger partial charge in [0.05, 0.1) is 0 Å². The summed E-state index contributed by atoms with van der Waals surface area (Å²) >= 11 is 0. The van der Waals surface area contributed by atoms with E-state index in [1.165, 1.54) is 12.8 Å². The normalized spacial score (nSPS) is 15.8. The number of rotatable bonds is 5. The fraction of sp³-hybridized carbons (Fsp3) is 0.333. The summed E-state index contributed by atoms with van der Waals surface area (Å²) in [4.78, 5) is 8.69. The molecule has 0 spiro atoms. The highest BCUT2D eigenvalue weighted by Gasteiger charge is 2.21. The fourth-order valence-corrected chi connectivity index (χ4v) is 2.19. The smallest absolute Gasteiger partial charge is 0.231 e. The molecule has 0 saturated heterocycles. The third-order valence-electron chi connectivity index (χ3n) is 3.47. The first-order chi connectivity index (χ1) is 10.4. The van der Waals surface area contributed by atoms with Crippen molar-refractivity contribution in [3.63, 3.8) is 0 Å². The number of fused-ring (bicyclic) bond motifs is 1. The predicted molar refractivity (Wildman–Crippen MR) is 78.6 cm³/mol. The van der Waals surface area contributed by atoms with Crippen molar-refractivity contribution in [3.8, 4) is 11.5 Å². The average Bonchev–Trinajstić information content (AvgIpc) is 3.19. The van der Waals surface area contributed by atoms with E-state index in [4.69, 9.17) is 9.47 Å². The first-order valence-corrected chi connectivity index (χ1v) is 7.09.